The van der Waals surface area contributed by atoms with Gasteiger partial charge in [0.1, 0.15) is 30.2 Å². The average Bonchev–Trinajstić information content (AvgIpc) is 2.88. The molecule has 0 aliphatic carbocycles. The predicted molar refractivity (Wildman–Crippen MR) is 139 cm³/mol. The van der Waals surface area contributed by atoms with Gasteiger partial charge in [0.2, 0.25) is 6.29 Å². The molecule has 0 spiro atoms. The molecule has 208 valence electrons. The Hall–Kier alpha value is 0.0900. The summed E-state index contributed by atoms with van der Waals surface area (Å²) in [5.74, 6) is 1.20. The van der Waals surface area contributed by atoms with E-state index in [1.807, 2.05) is 0 Å². The van der Waals surface area contributed by atoms with Crippen molar-refractivity contribution in [2.75, 3.05) is 56.3 Å². The standard InChI is InChI=1S/C21H33Cl4N2O8P/c22-5-9-26(10-6-23)36(32,27(11-7-24)12-8-25)33-14-15-1-3-16(4-2-15)34-21-20(31)19(30)18(29)17(13-28)35-21/h1-4,17-21,28-31H,5-14H2/t17-,18+,19+,20-,21?/m1/s1. The Labute approximate surface area is 231 Å². The SMILES string of the molecule is O=P(OCc1ccc(OC2O[C@H](CO)[C@H](O)[C@H](O)[C@H]2O)cc1)(N(CCCl)CCCl)N(CCCl)CCCl. The van der Waals surface area contributed by atoms with E-state index in [0.717, 1.165) is 0 Å². The van der Waals surface area contributed by atoms with E-state index in [-0.39, 0.29) is 30.1 Å². The van der Waals surface area contributed by atoms with Gasteiger partial charge in [-0.2, -0.15) is 0 Å². The number of hydrogen-bond acceptors (Lipinski definition) is 8. The van der Waals surface area contributed by atoms with E-state index in [1.54, 1.807) is 33.6 Å². The molecule has 0 bridgehead atoms. The van der Waals surface area contributed by atoms with Crippen LogP contribution in [0.2, 0.25) is 0 Å². The monoisotopic (exact) mass is 612 g/mol. The summed E-state index contributed by atoms with van der Waals surface area (Å²) in [6, 6.07) is 6.50. The minimum Gasteiger partial charge on any atom is -0.462 e. The molecule has 5 atom stereocenters. The molecule has 1 aliphatic rings. The van der Waals surface area contributed by atoms with Crippen LogP contribution in [0.15, 0.2) is 24.3 Å². The van der Waals surface area contributed by atoms with Crippen LogP contribution in [0.1, 0.15) is 5.56 Å². The van der Waals surface area contributed by atoms with Crippen molar-refractivity contribution in [3.8, 4) is 5.75 Å². The van der Waals surface area contributed by atoms with Crippen LogP contribution in [0.4, 0.5) is 0 Å². The van der Waals surface area contributed by atoms with Crippen molar-refractivity contribution in [3.05, 3.63) is 29.8 Å². The van der Waals surface area contributed by atoms with Crippen LogP contribution < -0.4 is 4.74 Å². The zero-order chi connectivity index (χ0) is 26.7. The van der Waals surface area contributed by atoms with Gasteiger partial charge in [-0.05, 0) is 17.7 Å². The molecule has 1 heterocycles. The molecule has 1 aliphatic heterocycles. The van der Waals surface area contributed by atoms with E-state index in [9.17, 15) is 25.0 Å². The first kappa shape index (κ1) is 32.3. The third-order valence-corrected chi connectivity index (χ3v) is 8.88. The minimum atomic E-state index is -3.57. The van der Waals surface area contributed by atoms with Gasteiger partial charge in [-0.25, -0.2) is 9.34 Å². The van der Waals surface area contributed by atoms with E-state index >= 15 is 0 Å². The highest BCUT2D eigenvalue weighted by Crippen LogP contribution is 2.54. The van der Waals surface area contributed by atoms with Crippen molar-refractivity contribution in [2.24, 2.45) is 0 Å². The molecular formula is C21H33Cl4N2O8P. The van der Waals surface area contributed by atoms with Gasteiger partial charge in [0.25, 0.3) is 0 Å². The number of rotatable bonds is 16. The van der Waals surface area contributed by atoms with Crippen molar-refractivity contribution >= 4 is 54.1 Å². The number of halogens is 4. The summed E-state index contributed by atoms with van der Waals surface area (Å²) in [7, 11) is -3.57. The Kier molecular flexibility index (Phi) is 14.6. The lowest BCUT2D eigenvalue weighted by Crippen LogP contribution is -2.60. The number of nitrogens with zero attached hydrogens (tertiary/aromatic N) is 2. The van der Waals surface area contributed by atoms with E-state index in [1.165, 1.54) is 0 Å². The highest BCUT2D eigenvalue weighted by molar-refractivity contribution is 7.54. The Balaban J connectivity index is 2.13. The molecule has 15 heteroatoms. The van der Waals surface area contributed by atoms with Crippen LogP contribution in [-0.2, 0) is 20.4 Å². The van der Waals surface area contributed by atoms with Crippen molar-refractivity contribution in [2.45, 2.75) is 37.3 Å². The lowest BCUT2D eigenvalue weighted by molar-refractivity contribution is -0.277. The lowest BCUT2D eigenvalue weighted by atomic mass is 9.99. The molecule has 0 aromatic heterocycles. The Morgan fingerprint density at radius 2 is 1.33 bits per heavy atom. The topological polar surface area (TPSA) is 132 Å². The summed E-state index contributed by atoms with van der Waals surface area (Å²) in [5.41, 5.74) is 0.671. The molecule has 0 radical (unpaired) electrons. The van der Waals surface area contributed by atoms with Gasteiger partial charge in [-0.1, -0.05) is 12.1 Å². The fourth-order valence-corrected chi connectivity index (χ4v) is 7.28. The second-order valence-corrected chi connectivity index (χ2v) is 11.8. The minimum absolute atomic E-state index is 0.0141. The molecular weight excluding hydrogens is 581 g/mol. The molecule has 1 unspecified atom stereocenters. The normalized spacial score (nSPS) is 25.0. The number of ether oxygens (including phenoxy) is 2. The summed E-state index contributed by atoms with van der Waals surface area (Å²) < 4.78 is 34.3. The first-order valence-electron chi connectivity index (χ1n) is 11.3. The maximum atomic E-state index is 14.1. The van der Waals surface area contributed by atoms with E-state index in [4.69, 9.17) is 60.4 Å². The fraction of sp³-hybridized carbons (Fsp3) is 0.714. The van der Waals surface area contributed by atoms with Gasteiger partial charge in [0.15, 0.2) is 0 Å². The van der Waals surface area contributed by atoms with Gasteiger partial charge < -0.3 is 34.4 Å². The average molecular weight is 614 g/mol. The summed E-state index contributed by atoms with van der Waals surface area (Å²) in [6.07, 6.45) is -6.93. The highest BCUT2D eigenvalue weighted by Gasteiger charge is 2.44. The number of aliphatic hydroxyl groups is 4. The summed E-state index contributed by atoms with van der Waals surface area (Å²) >= 11 is 23.8. The molecule has 2 rings (SSSR count). The third kappa shape index (κ3) is 8.55. The molecule has 10 nitrogen and oxygen atoms in total. The number of hydrogen-bond donors (Lipinski definition) is 4. The van der Waals surface area contributed by atoms with E-state index < -0.39 is 45.0 Å². The smallest absolute Gasteiger partial charge is 0.346 e. The molecule has 1 aromatic carbocycles. The van der Waals surface area contributed by atoms with Crippen LogP contribution in [0.25, 0.3) is 0 Å². The van der Waals surface area contributed by atoms with E-state index in [0.29, 0.717) is 37.5 Å². The van der Waals surface area contributed by atoms with Crippen molar-refractivity contribution in [1.29, 1.82) is 0 Å². The first-order chi connectivity index (χ1) is 17.2. The van der Waals surface area contributed by atoms with Crippen LogP contribution >= 0.6 is 54.1 Å². The van der Waals surface area contributed by atoms with Crippen LogP contribution in [0, 0.1) is 0 Å². The van der Waals surface area contributed by atoms with E-state index in [2.05, 4.69) is 0 Å². The van der Waals surface area contributed by atoms with Gasteiger partial charge in [-0.3, -0.25) is 4.57 Å². The van der Waals surface area contributed by atoms with Crippen LogP contribution in [-0.4, -0.2) is 117 Å². The molecule has 1 saturated heterocycles. The Bertz CT molecular complexity index is 781. The number of alkyl halides is 4. The summed E-state index contributed by atoms with van der Waals surface area (Å²) in [6.45, 7) is 0.587. The largest absolute Gasteiger partial charge is 0.462 e. The fourth-order valence-electron chi connectivity index (χ4n) is 3.58. The Morgan fingerprint density at radius 3 is 1.78 bits per heavy atom. The maximum Gasteiger partial charge on any atom is 0.346 e. The van der Waals surface area contributed by atoms with Crippen LogP contribution in [0.3, 0.4) is 0 Å². The zero-order valence-electron chi connectivity index (χ0n) is 19.5. The summed E-state index contributed by atoms with van der Waals surface area (Å²) in [4.78, 5) is 0. The quantitative estimate of drug-likeness (QED) is 0.162. The van der Waals surface area contributed by atoms with Crippen LogP contribution in [0.5, 0.6) is 5.75 Å². The zero-order valence-corrected chi connectivity index (χ0v) is 23.5. The maximum absolute atomic E-state index is 14.1. The molecule has 0 saturated carbocycles. The van der Waals surface area contributed by atoms with Gasteiger partial charge in [0.05, 0.1) is 13.2 Å². The third-order valence-electron chi connectivity index (χ3n) is 5.51. The van der Waals surface area contributed by atoms with Crippen molar-refractivity contribution in [1.82, 2.24) is 9.34 Å². The Morgan fingerprint density at radius 1 is 0.833 bits per heavy atom. The first-order valence-corrected chi connectivity index (χ1v) is 15.0. The molecule has 1 aromatic rings. The van der Waals surface area contributed by atoms with Crippen molar-refractivity contribution < 1.29 is 39.0 Å². The lowest BCUT2D eigenvalue weighted by Gasteiger charge is -2.39. The van der Waals surface area contributed by atoms with Gasteiger partial charge in [-0.15, -0.1) is 46.4 Å². The summed E-state index contributed by atoms with van der Waals surface area (Å²) in [5, 5.41) is 39.3. The molecule has 0 amide bonds. The predicted octanol–water partition coefficient (Wildman–Crippen LogP) is 2.05. The molecule has 1 fully saturated rings. The van der Waals surface area contributed by atoms with Crippen molar-refractivity contribution in [3.63, 3.8) is 0 Å². The molecule has 36 heavy (non-hydrogen) atoms. The van der Waals surface area contributed by atoms with Gasteiger partial charge in [0, 0.05) is 49.7 Å². The highest BCUT2D eigenvalue weighted by atomic mass is 35.5. The number of aliphatic hydroxyl groups excluding tert-OH is 4. The second kappa shape index (κ2) is 16.3. The number of benzene rings is 1. The second-order valence-electron chi connectivity index (χ2n) is 7.89. The molecule has 4 N–H and O–H groups in total. The van der Waals surface area contributed by atoms with Gasteiger partial charge >= 0.3 is 7.67 Å².